The average Bonchev–Trinajstić information content (AvgIpc) is 3.15. The van der Waals surface area contributed by atoms with Crippen LogP contribution in [0.1, 0.15) is 31.4 Å². The van der Waals surface area contributed by atoms with Crippen molar-refractivity contribution in [3.05, 3.63) is 34.9 Å². The van der Waals surface area contributed by atoms with E-state index in [1.165, 1.54) is 18.4 Å². The van der Waals surface area contributed by atoms with Crippen molar-refractivity contribution in [3.63, 3.8) is 0 Å². The van der Waals surface area contributed by atoms with Gasteiger partial charge in [-0.05, 0) is 43.4 Å². The highest BCUT2D eigenvalue weighted by atomic mass is 35.5. The van der Waals surface area contributed by atoms with Crippen molar-refractivity contribution in [2.75, 3.05) is 12.8 Å². The van der Waals surface area contributed by atoms with E-state index < -0.39 is 10.8 Å². The summed E-state index contributed by atoms with van der Waals surface area (Å²) in [4.78, 5) is 0. The summed E-state index contributed by atoms with van der Waals surface area (Å²) in [6.07, 6.45) is 4.33. The molecule has 1 aromatic carbocycles. The van der Waals surface area contributed by atoms with Crippen molar-refractivity contribution >= 4 is 22.4 Å². The second-order valence-corrected chi connectivity index (χ2v) is 7.32. The molecule has 1 aromatic rings. The zero-order valence-electron chi connectivity index (χ0n) is 10.9. The minimum atomic E-state index is -0.763. The van der Waals surface area contributed by atoms with E-state index in [-0.39, 0.29) is 5.25 Å². The van der Waals surface area contributed by atoms with Crippen LogP contribution in [0.3, 0.4) is 0 Å². The SMILES string of the molecule is CC(CNC(c1ccc(Cl)cc1)C1CC1)S(C)=O. The molecule has 0 bridgehead atoms. The highest BCUT2D eigenvalue weighted by Gasteiger charge is 2.32. The van der Waals surface area contributed by atoms with E-state index in [4.69, 9.17) is 11.6 Å². The lowest BCUT2D eigenvalue weighted by Gasteiger charge is -2.21. The maximum atomic E-state index is 11.4. The largest absolute Gasteiger partial charge is 0.309 e. The molecule has 0 radical (unpaired) electrons. The second kappa shape index (κ2) is 6.18. The number of nitrogens with one attached hydrogen (secondary N) is 1. The van der Waals surface area contributed by atoms with Gasteiger partial charge in [0.1, 0.15) is 0 Å². The topological polar surface area (TPSA) is 29.1 Å². The van der Waals surface area contributed by atoms with Gasteiger partial charge >= 0.3 is 0 Å². The Labute approximate surface area is 117 Å². The van der Waals surface area contributed by atoms with Crippen LogP contribution >= 0.6 is 11.6 Å². The van der Waals surface area contributed by atoms with Crippen LogP contribution in [0, 0.1) is 5.92 Å². The molecule has 18 heavy (non-hydrogen) atoms. The molecule has 0 spiro atoms. The molecule has 0 aromatic heterocycles. The predicted molar refractivity (Wildman–Crippen MR) is 78.4 cm³/mol. The first-order chi connectivity index (χ1) is 8.58. The van der Waals surface area contributed by atoms with Gasteiger partial charge in [-0.1, -0.05) is 23.7 Å². The Bertz CT molecular complexity index is 416. The van der Waals surface area contributed by atoms with Crippen LogP contribution in [0.5, 0.6) is 0 Å². The van der Waals surface area contributed by atoms with Gasteiger partial charge in [0.25, 0.3) is 0 Å². The lowest BCUT2D eigenvalue weighted by atomic mass is 10.0. The number of hydrogen-bond acceptors (Lipinski definition) is 2. The van der Waals surface area contributed by atoms with Crippen LogP contribution in [0.15, 0.2) is 24.3 Å². The Morgan fingerprint density at radius 3 is 2.50 bits per heavy atom. The summed E-state index contributed by atoms with van der Waals surface area (Å²) >= 11 is 5.92. The maximum absolute atomic E-state index is 11.4. The second-order valence-electron chi connectivity index (χ2n) is 5.08. The van der Waals surface area contributed by atoms with Crippen LogP contribution in [0.25, 0.3) is 0 Å². The summed E-state index contributed by atoms with van der Waals surface area (Å²) in [5, 5.41) is 4.53. The molecule has 3 atom stereocenters. The van der Waals surface area contributed by atoms with Crippen LogP contribution < -0.4 is 5.32 Å². The van der Waals surface area contributed by atoms with Crippen LogP contribution in [0.2, 0.25) is 5.02 Å². The number of halogens is 1. The lowest BCUT2D eigenvalue weighted by Crippen LogP contribution is -2.32. The van der Waals surface area contributed by atoms with Crippen molar-refractivity contribution in [3.8, 4) is 0 Å². The molecule has 0 amide bonds. The van der Waals surface area contributed by atoms with Gasteiger partial charge in [0.05, 0.1) is 0 Å². The minimum Gasteiger partial charge on any atom is -0.309 e. The third-order valence-corrected chi connectivity index (χ3v) is 5.07. The Kier molecular flexibility index (Phi) is 4.82. The molecule has 100 valence electrons. The molecule has 4 heteroatoms. The summed E-state index contributed by atoms with van der Waals surface area (Å²) in [5.41, 5.74) is 1.29. The summed E-state index contributed by atoms with van der Waals surface area (Å²) in [7, 11) is -0.763. The third-order valence-electron chi connectivity index (χ3n) is 3.51. The number of rotatable bonds is 6. The Hall–Kier alpha value is -0.380. The Balaban J connectivity index is 2.00. The Morgan fingerprint density at radius 2 is 2.00 bits per heavy atom. The minimum absolute atomic E-state index is 0.193. The molecule has 2 nitrogen and oxygen atoms in total. The fourth-order valence-corrected chi connectivity index (χ4v) is 2.52. The lowest BCUT2D eigenvalue weighted by molar-refractivity contribution is 0.482. The molecule has 1 aliphatic carbocycles. The van der Waals surface area contributed by atoms with Gasteiger partial charge in [-0.25, -0.2) is 0 Å². The molecule has 1 fully saturated rings. The van der Waals surface area contributed by atoms with E-state index in [2.05, 4.69) is 17.4 Å². The fourth-order valence-electron chi connectivity index (χ4n) is 2.07. The van der Waals surface area contributed by atoms with E-state index in [9.17, 15) is 4.21 Å². The van der Waals surface area contributed by atoms with E-state index in [1.807, 2.05) is 19.1 Å². The van der Waals surface area contributed by atoms with E-state index in [0.29, 0.717) is 6.04 Å². The van der Waals surface area contributed by atoms with Gasteiger partial charge in [0, 0.05) is 39.9 Å². The van der Waals surface area contributed by atoms with Crippen molar-refractivity contribution in [1.82, 2.24) is 5.32 Å². The first-order valence-corrected chi connectivity index (χ1v) is 8.39. The van der Waals surface area contributed by atoms with E-state index >= 15 is 0 Å². The van der Waals surface area contributed by atoms with E-state index in [1.54, 1.807) is 6.26 Å². The number of benzene rings is 1. The van der Waals surface area contributed by atoms with E-state index in [0.717, 1.165) is 17.5 Å². The highest BCUT2D eigenvalue weighted by Crippen LogP contribution is 2.41. The van der Waals surface area contributed by atoms with Crippen molar-refractivity contribution in [2.24, 2.45) is 5.92 Å². The van der Waals surface area contributed by atoms with Gasteiger partial charge in [0.2, 0.25) is 0 Å². The smallest absolute Gasteiger partial charge is 0.0441 e. The first kappa shape index (κ1) is 14.0. The van der Waals surface area contributed by atoms with Crippen LogP contribution in [-0.2, 0) is 10.8 Å². The Morgan fingerprint density at radius 1 is 1.39 bits per heavy atom. The summed E-state index contributed by atoms with van der Waals surface area (Å²) in [6.45, 7) is 2.82. The van der Waals surface area contributed by atoms with Gasteiger partial charge in [-0.15, -0.1) is 0 Å². The summed E-state index contributed by atoms with van der Waals surface area (Å²) in [5.74, 6) is 0.726. The molecular weight excluding hydrogens is 266 g/mol. The fraction of sp³-hybridized carbons (Fsp3) is 0.571. The number of hydrogen-bond donors (Lipinski definition) is 1. The normalized spacial score (nSPS) is 20.4. The first-order valence-electron chi connectivity index (χ1n) is 6.39. The zero-order chi connectivity index (χ0) is 13.1. The third kappa shape index (κ3) is 3.81. The molecule has 2 rings (SSSR count). The van der Waals surface area contributed by atoms with Gasteiger partial charge in [0.15, 0.2) is 0 Å². The van der Waals surface area contributed by atoms with Crippen molar-refractivity contribution < 1.29 is 4.21 Å². The molecule has 0 heterocycles. The predicted octanol–water partition coefficient (Wildman–Crippen LogP) is 3.15. The maximum Gasteiger partial charge on any atom is 0.0441 e. The molecule has 0 aliphatic heterocycles. The summed E-state index contributed by atoms with van der Waals surface area (Å²) < 4.78 is 11.4. The van der Waals surface area contributed by atoms with Gasteiger partial charge in [-0.3, -0.25) is 4.21 Å². The van der Waals surface area contributed by atoms with Crippen LogP contribution in [-0.4, -0.2) is 22.3 Å². The molecule has 0 saturated heterocycles. The molecule has 3 unspecified atom stereocenters. The van der Waals surface area contributed by atoms with Gasteiger partial charge in [-0.2, -0.15) is 0 Å². The quantitative estimate of drug-likeness (QED) is 0.870. The van der Waals surface area contributed by atoms with Crippen LogP contribution in [0.4, 0.5) is 0 Å². The highest BCUT2D eigenvalue weighted by molar-refractivity contribution is 7.84. The standard InChI is InChI=1S/C14H20ClNOS/c1-10(18(2)17)9-16-14(11-3-4-11)12-5-7-13(15)8-6-12/h5-8,10-11,14,16H,3-4,9H2,1-2H3. The monoisotopic (exact) mass is 285 g/mol. The summed E-state index contributed by atoms with van der Waals surface area (Å²) in [6, 6.07) is 8.44. The molecule has 1 aliphatic rings. The van der Waals surface area contributed by atoms with Gasteiger partial charge < -0.3 is 5.32 Å². The molecule has 1 N–H and O–H groups in total. The molecule has 1 saturated carbocycles. The van der Waals surface area contributed by atoms with Crippen molar-refractivity contribution in [1.29, 1.82) is 0 Å². The molecular formula is C14H20ClNOS. The zero-order valence-corrected chi connectivity index (χ0v) is 12.4. The van der Waals surface area contributed by atoms with Crippen molar-refractivity contribution in [2.45, 2.75) is 31.1 Å². The average molecular weight is 286 g/mol.